The molecule has 0 saturated carbocycles. The Balaban J connectivity index is 0.00000169. The maximum absolute atomic E-state index is 12.7. The fourth-order valence-electron chi connectivity index (χ4n) is 2.49. The SMILES string of the molecule is CC(C)n1ncc2c(C(=O)N[C@@H](C)CN)cc(-c3cccs3)nc21.Cl.Cl. The maximum Gasteiger partial charge on any atom is 0.252 e. The normalized spacial score (nSPS) is 11.7. The minimum atomic E-state index is -0.151. The summed E-state index contributed by atoms with van der Waals surface area (Å²) in [5.41, 5.74) is 7.71. The highest BCUT2D eigenvalue weighted by molar-refractivity contribution is 7.13. The van der Waals surface area contributed by atoms with Crippen molar-refractivity contribution in [3.8, 4) is 10.6 Å². The van der Waals surface area contributed by atoms with Gasteiger partial charge in [-0.05, 0) is 38.3 Å². The molecule has 9 heteroatoms. The van der Waals surface area contributed by atoms with Gasteiger partial charge in [0, 0.05) is 18.6 Å². The van der Waals surface area contributed by atoms with E-state index < -0.39 is 0 Å². The van der Waals surface area contributed by atoms with Crippen LogP contribution in [0.3, 0.4) is 0 Å². The van der Waals surface area contributed by atoms with E-state index in [1.54, 1.807) is 17.5 Å². The van der Waals surface area contributed by atoms with Crippen LogP contribution < -0.4 is 11.1 Å². The average molecular weight is 416 g/mol. The summed E-state index contributed by atoms with van der Waals surface area (Å²) in [5, 5.41) is 10.1. The Morgan fingerprint density at radius 3 is 2.65 bits per heavy atom. The van der Waals surface area contributed by atoms with Crippen molar-refractivity contribution in [1.82, 2.24) is 20.1 Å². The summed E-state index contributed by atoms with van der Waals surface area (Å²) >= 11 is 1.60. The van der Waals surface area contributed by atoms with Gasteiger partial charge in [0.25, 0.3) is 5.91 Å². The molecule has 3 N–H and O–H groups in total. The van der Waals surface area contributed by atoms with Gasteiger partial charge in [0.05, 0.1) is 27.7 Å². The van der Waals surface area contributed by atoms with E-state index in [2.05, 4.69) is 10.4 Å². The molecular weight excluding hydrogens is 393 g/mol. The van der Waals surface area contributed by atoms with E-state index in [1.807, 2.05) is 49.0 Å². The largest absolute Gasteiger partial charge is 0.348 e. The third-order valence-corrected chi connectivity index (χ3v) is 4.70. The molecule has 0 aliphatic rings. The van der Waals surface area contributed by atoms with E-state index in [0.29, 0.717) is 12.1 Å². The van der Waals surface area contributed by atoms with Crippen molar-refractivity contribution in [2.75, 3.05) is 6.54 Å². The summed E-state index contributed by atoms with van der Waals surface area (Å²) in [6.07, 6.45) is 1.71. The second kappa shape index (κ2) is 9.32. The standard InChI is InChI=1S/C17H21N5OS.2ClH/c1-10(2)22-16-13(9-19-22)12(17(23)20-11(3)8-18)7-14(21-16)15-5-4-6-24-15;;/h4-7,9-11H,8,18H2,1-3H3,(H,20,23);2*1H/t11-;;/m0../s1. The maximum atomic E-state index is 12.7. The molecule has 1 atom stereocenters. The molecule has 0 spiro atoms. The van der Waals surface area contributed by atoms with Crippen LogP contribution in [0.1, 0.15) is 37.2 Å². The van der Waals surface area contributed by atoms with Crippen LogP contribution in [0.5, 0.6) is 0 Å². The predicted molar refractivity (Wildman–Crippen MR) is 112 cm³/mol. The third kappa shape index (κ3) is 4.35. The van der Waals surface area contributed by atoms with E-state index in [1.165, 1.54) is 0 Å². The number of nitrogens with zero attached hydrogens (tertiary/aromatic N) is 3. The van der Waals surface area contributed by atoms with Crippen LogP contribution in [-0.4, -0.2) is 33.3 Å². The minimum Gasteiger partial charge on any atom is -0.348 e. The van der Waals surface area contributed by atoms with Gasteiger partial charge in [-0.15, -0.1) is 36.2 Å². The van der Waals surface area contributed by atoms with Crippen LogP contribution in [0.25, 0.3) is 21.6 Å². The zero-order valence-electron chi connectivity index (χ0n) is 14.8. The molecule has 0 radical (unpaired) electrons. The van der Waals surface area contributed by atoms with Crippen LogP contribution in [0.15, 0.2) is 29.8 Å². The molecule has 6 nitrogen and oxygen atoms in total. The zero-order valence-corrected chi connectivity index (χ0v) is 17.3. The molecule has 0 aromatic carbocycles. The first-order chi connectivity index (χ1) is 11.5. The lowest BCUT2D eigenvalue weighted by Gasteiger charge is -2.13. The summed E-state index contributed by atoms with van der Waals surface area (Å²) in [6, 6.07) is 5.87. The second-order valence-corrected chi connectivity index (χ2v) is 7.01. The van der Waals surface area contributed by atoms with E-state index in [-0.39, 0.29) is 42.8 Å². The van der Waals surface area contributed by atoms with Gasteiger partial charge in [-0.25, -0.2) is 9.67 Å². The molecule has 0 unspecified atom stereocenters. The minimum absolute atomic E-state index is 0. The number of pyridine rings is 1. The van der Waals surface area contributed by atoms with Crippen molar-refractivity contribution in [1.29, 1.82) is 0 Å². The Bertz CT molecular complexity index is 864. The molecule has 3 heterocycles. The van der Waals surface area contributed by atoms with E-state index in [4.69, 9.17) is 10.7 Å². The molecule has 0 saturated heterocycles. The molecule has 0 aliphatic heterocycles. The first kappa shape index (κ1) is 22.4. The number of fused-ring (bicyclic) bond motifs is 1. The number of thiophene rings is 1. The molecule has 0 fully saturated rings. The van der Waals surface area contributed by atoms with E-state index in [0.717, 1.165) is 21.6 Å². The van der Waals surface area contributed by atoms with E-state index >= 15 is 0 Å². The number of carbonyl (C=O) groups excluding carboxylic acids is 1. The highest BCUT2D eigenvalue weighted by atomic mass is 35.5. The Kier molecular flexibility index (Phi) is 8.02. The lowest BCUT2D eigenvalue weighted by Crippen LogP contribution is -2.37. The lowest BCUT2D eigenvalue weighted by atomic mass is 10.1. The summed E-state index contributed by atoms with van der Waals surface area (Å²) < 4.78 is 1.84. The number of hydrogen-bond donors (Lipinski definition) is 2. The third-order valence-electron chi connectivity index (χ3n) is 3.81. The highest BCUT2D eigenvalue weighted by Crippen LogP contribution is 2.28. The molecule has 3 aromatic rings. The van der Waals surface area contributed by atoms with Gasteiger partial charge < -0.3 is 11.1 Å². The summed E-state index contributed by atoms with van der Waals surface area (Å²) in [5.74, 6) is -0.151. The number of halogens is 2. The second-order valence-electron chi connectivity index (χ2n) is 6.06. The lowest BCUT2D eigenvalue weighted by molar-refractivity contribution is 0.0943. The number of amides is 1. The Morgan fingerprint density at radius 1 is 1.35 bits per heavy atom. The summed E-state index contributed by atoms with van der Waals surface area (Å²) in [4.78, 5) is 18.5. The molecular formula is C17H23Cl2N5OS. The van der Waals surface area contributed by atoms with Crippen molar-refractivity contribution in [3.05, 3.63) is 35.3 Å². The van der Waals surface area contributed by atoms with Crippen LogP contribution in [0, 0.1) is 0 Å². The Morgan fingerprint density at radius 2 is 2.08 bits per heavy atom. The Hall–Kier alpha value is -1.67. The number of aromatic nitrogens is 3. The van der Waals surface area contributed by atoms with Gasteiger partial charge in [-0.3, -0.25) is 4.79 Å². The molecule has 0 aliphatic carbocycles. The number of rotatable bonds is 5. The van der Waals surface area contributed by atoms with Crippen molar-refractivity contribution in [3.63, 3.8) is 0 Å². The van der Waals surface area contributed by atoms with Crippen molar-refractivity contribution < 1.29 is 4.79 Å². The highest BCUT2D eigenvalue weighted by Gasteiger charge is 2.19. The smallest absolute Gasteiger partial charge is 0.252 e. The predicted octanol–water partition coefficient (Wildman–Crippen LogP) is 3.66. The zero-order chi connectivity index (χ0) is 17.3. The molecule has 3 aromatic heterocycles. The van der Waals surface area contributed by atoms with E-state index in [9.17, 15) is 4.79 Å². The van der Waals surface area contributed by atoms with Crippen molar-refractivity contribution in [2.24, 2.45) is 5.73 Å². The average Bonchev–Trinajstić information content (AvgIpc) is 3.22. The molecule has 142 valence electrons. The number of nitrogens with two attached hydrogens (primary N) is 1. The quantitative estimate of drug-likeness (QED) is 0.665. The van der Waals surface area contributed by atoms with Crippen molar-refractivity contribution in [2.45, 2.75) is 32.9 Å². The first-order valence-corrected chi connectivity index (χ1v) is 8.82. The fraction of sp³-hybridized carbons (Fsp3) is 0.353. The molecule has 26 heavy (non-hydrogen) atoms. The fourth-order valence-corrected chi connectivity index (χ4v) is 3.18. The number of hydrogen-bond acceptors (Lipinski definition) is 5. The van der Waals surface area contributed by atoms with Crippen molar-refractivity contribution >= 4 is 53.1 Å². The van der Waals surface area contributed by atoms with Gasteiger partial charge >= 0.3 is 0 Å². The van der Waals surface area contributed by atoms with Gasteiger partial charge in [0.15, 0.2) is 5.65 Å². The van der Waals surface area contributed by atoms with Crippen LogP contribution in [0.2, 0.25) is 0 Å². The topological polar surface area (TPSA) is 85.8 Å². The van der Waals surface area contributed by atoms with Gasteiger partial charge in [0.1, 0.15) is 0 Å². The van der Waals surface area contributed by atoms with Gasteiger partial charge in [0.2, 0.25) is 0 Å². The summed E-state index contributed by atoms with van der Waals surface area (Å²) in [7, 11) is 0. The molecule has 3 rings (SSSR count). The molecule has 1 amide bonds. The number of nitrogens with one attached hydrogen (secondary N) is 1. The summed E-state index contributed by atoms with van der Waals surface area (Å²) in [6.45, 7) is 6.36. The van der Waals surface area contributed by atoms with Crippen LogP contribution in [0.4, 0.5) is 0 Å². The van der Waals surface area contributed by atoms with Crippen LogP contribution in [-0.2, 0) is 0 Å². The van der Waals surface area contributed by atoms with Gasteiger partial charge in [-0.2, -0.15) is 5.10 Å². The monoisotopic (exact) mass is 415 g/mol. The van der Waals surface area contributed by atoms with Crippen LogP contribution >= 0.6 is 36.2 Å². The molecule has 0 bridgehead atoms. The Labute approximate surface area is 169 Å². The first-order valence-electron chi connectivity index (χ1n) is 7.94. The van der Waals surface area contributed by atoms with Gasteiger partial charge in [-0.1, -0.05) is 6.07 Å². The number of carbonyl (C=O) groups is 1.